The van der Waals surface area contributed by atoms with Crippen molar-refractivity contribution >= 4 is 11.6 Å². The van der Waals surface area contributed by atoms with Gasteiger partial charge in [0.1, 0.15) is 0 Å². The van der Waals surface area contributed by atoms with Gasteiger partial charge in [0.2, 0.25) is 0 Å². The van der Waals surface area contributed by atoms with Crippen LogP contribution >= 0.6 is 0 Å². The molecule has 0 heterocycles. The lowest BCUT2D eigenvalue weighted by atomic mass is 9.87. The van der Waals surface area contributed by atoms with E-state index < -0.39 is 0 Å². The van der Waals surface area contributed by atoms with E-state index in [0.29, 0.717) is 0 Å². The molecule has 0 atom stereocenters. The molecule has 1 fully saturated rings. The average Bonchev–Trinajstić information content (AvgIpc) is 2.86. The lowest BCUT2D eigenvalue weighted by molar-refractivity contribution is 0.702. The summed E-state index contributed by atoms with van der Waals surface area (Å²) >= 11 is 0. The third kappa shape index (κ3) is 3.22. The summed E-state index contributed by atoms with van der Waals surface area (Å²) in [5.74, 6) is 0. The maximum atomic E-state index is 4.01. The summed E-state index contributed by atoms with van der Waals surface area (Å²) in [5.41, 5.74) is 6.98. The molecule has 2 aromatic rings. The topological polar surface area (TPSA) is 0 Å². The van der Waals surface area contributed by atoms with Crippen LogP contribution < -0.4 is 0 Å². The van der Waals surface area contributed by atoms with Crippen LogP contribution in [-0.2, 0) is 0 Å². The number of hydrogen-bond acceptors (Lipinski definition) is 0. The zero-order valence-corrected chi connectivity index (χ0v) is 13.2. The molecule has 0 amide bonds. The molecule has 1 saturated carbocycles. The van der Waals surface area contributed by atoms with Crippen molar-refractivity contribution in [3.8, 4) is 0 Å². The Bertz CT molecular complexity index is 651. The molecule has 0 aromatic heterocycles. The lowest BCUT2D eigenvalue weighted by Crippen LogP contribution is -1.97. The molecular formula is C22H24. The van der Waals surface area contributed by atoms with Crippen LogP contribution in [0.25, 0.3) is 11.6 Å². The molecule has 0 saturated heterocycles. The van der Waals surface area contributed by atoms with Gasteiger partial charge in [0.15, 0.2) is 0 Å². The van der Waals surface area contributed by atoms with Crippen molar-refractivity contribution in [3.05, 3.63) is 83.4 Å². The van der Waals surface area contributed by atoms with Crippen molar-refractivity contribution in [1.29, 1.82) is 0 Å². The Morgan fingerprint density at radius 2 is 1.41 bits per heavy atom. The standard InChI is InChI=1S/C22H24/c1-2-18-12-10-11-17-21(18)22(20-15-8-5-9-16-20)19-13-6-3-4-7-14-19/h2,5,8-12,15-17H,1,3-4,6-7,13-14H2. The Morgan fingerprint density at radius 1 is 0.773 bits per heavy atom. The van der Waals surface area contributed by atoms with Gasteiger partial charge in [-0.1, -0.05) is 85.7 Å². The number of rotatable bonds is 3. The van der Waals surface area contributed by atoms with Crippen molar-refractivity contribution in [2.24, 2.45) is 0 Å². The molecule has 0 unspecified atom stereocenters. The van der Waals surface area contributed by atoms with Crippen LogP contribution in [0, 0.1) is 0 Å². The minimum absolute atomic E-state index is 1.23. The minimum atomic E-state index is 1.23. The van der Waals surface area contributed by atoms with Crippen LogP contribution in [0.15, 0.2) is 66.7 Å². The van der Waals surface area contributed by atoms with Crippen LogP contribution in [0.3, 0.4) is 0 Å². The fourth-order valence-corrected chi connectivity index (χ4v) is 3.46. The maximum absolute atomic E-state index is 4.01. The van der Waals surface area contributed by atoms with Crippen molar-refractivity contribution in [2.75, 3.05) is 0 Å². The van der Waals surface area contributed by atoms with Gasteiger partial charge in [-0.15, -0.1) is 0 Å². The second-order valence-electron chi connectivity index (χ2n) is 6.05. The van der Waals surface area contributed by atoms with Gasteiger partial charge in [-0.2, -0.15) is 0 Å². The van der Waals surface area contributed by atoms with Gasteiger partial charge >= 0.3 is 0 Å². The van der Waals surface area contributed by atoms with E-state index in [4.69, 9.17) is 0 Å². The first-order valence-electron chi connectivity index (χ1n) is 8.39. The van der Waals surface area contributed by atoms with Gasteiger partial charge in [0, 0.05) is 0 Å². The zero-order chi connectivity index (χ0) is 15.2. The predicted octanol–water partition coefficient (Wildman–Crippen LogP) is 6.49. The predicted molar refractivity (Wildman–Crippen MR) is 96.7 cm³/mol. The molecule has 0 heteroatoms. The van der Waals surface area contributed by atoms with E-state index in [0.717, 1.165) is 0 Å². The highest BCUT2D eigenvalue weighted by molar-refractivity contribution is 5.86. The van der Waals surface area contributed by atoms with Crippen LogP contribution in [-0.4, -0.2) is 0 Å². The molecule has 0 bridgehead atoms. The Labute approximate surface area is 134 Å². The molecule has 112 valence electrons. The quantitative estimate of drug-likeness (QED) is 0.566. The van der Waals surface area contributed by atoms with Gasteiger partial charge in [-0.3, -0.25) is 0 Å². The van der Waals surface area contributed by atoms with E-state index in [1.54, 1.807) is 5.57 Å². The molecule has 0 spiro atoms. The summed E-state index contributed by atoms with van der Waals surface area (Å²) < 4.78 is 0. The van der Waals surface area contributed by atoms with Crippen molar-refractivity contribution in [2.45, 2.75) is 38.5 Å². The van der Waals surface area contributed by atoms with Crippen molar-refractivity contribution in [3.63, 3.8) is 0 Å². The first-order chi connectivity index (χ1) is 10.9. The largest absolute Gasteiger partial charge is 0.0984 e. The summed E-state index contributed by atoms with van der Waals surface area (Å²) in [5, 5.41) is 0. The van der Waals surface area contributed by atoms with Crippen LogP contribution in [0.4, 0.5) is 0 Å². The number of hydrogen-bond donors (Lipinski definition) is 0. The van der Waals surface area contributed by atoms with Crippen LogP contribution in [0.2, 0.25) is 0 Å². The summed E-state index contributed by atoms with van der Waals surface area (Å²) in [7, 11) is 0. The van der Waals surface area contributed by atoms with Gasteiger partial charge in [-0.05, 0) is 47.9 Å². The highest BCUT2D eigenvalue weighted by atomic mass is 14.2. The normalized spacial score (nSPS) is 15.2. The molecule has 3 rings (SSSR count). The van der Waals surface area contributed by atoms with Crippen LogP contribution in [0.5, 0.6) is 0 Å². The van der Waals surface area contributed by atoms with Crippen LogP contribution in [0.1, 0.15) is 55.2 Å². The molecular weight excluding hydrogens is 264 g/mol. The summed E-state index contributed by atoms with van der Waals surface area (Å²) in [6.45, 7) is 4.01. The highest BCUT2D eigenvalue weighted by Crippen LogP contribution is 2.35. The monoisotopic (exact) mass is 288 g/mol. The third-order valence-corrected chi connectivity index (χ3v) is 4.57. The first-order valence-corrected chi connectivity index (χ1v) is 8.39. The van der Waals surface area contributed by atoms with E-state index in [-0.39, 0.29) is 0 Å². The van der Waals surface area contributed by atoms with Gasteiger partial charge in [0.05, 0.1) is 0 Å². The Kier molecular flexibility index (Phi) is 4.90. The summed E-state index contributed by atoms with van der Waals surface area (Å²) in [4.78, 5) is 0. The fraction of sp³-hybridized carbons (Fsp3) is 0.273. The molecule has 22 heavy (non-hydrogen) atoms. The molecule has 1 aliphatic carbocycles. The molecule has 0 aliphatic heterocycles. The van der Waals surface area contributed by atoms with Gasteiger partial charge in [0.25, 0.3) is 0 Å². The van der Waals surface area contributed by atoms with E-state index >= 15 is 0 Å². The fourth-order valence-electron chi connectivity index (χ4n) is 3.46. The van der Waals surface area contributed by atoms with Gasteiger partial charge < -0.3 is 0 Å². The lowest BCUT2D eigenvalue weighted by Gasteiger charge is -2.17. The SMILES string of the molecule is C=Cc1ccccc1C(=C1CCCCCC1)c1ccccc1. The molecule has 1 aliphatic rings. The van der Waals surface area contributed by atoms with E-state index in [2.05, 4.69) is 61.2 Å². The minimum Gasteiger partial charge on any atom is -0.0984 e. The molecule has 0 nitrogen and oxygen atoms in total. The Morgan fingerprint density at radius 3 is 2.09 bits per heavy atom. The van der Waals surface area contributed by atoms with E-state index in [9.17, 15) is 0 Å². The molecule has 2 aromatic carbocycles. The smallest absolute Gasteiger partial charge is 0.0106 e. The molecule has 0 radical (unpaired) electrons. The van der Waals surface area contributed by atoms with E-state index in [1.807, 2.05) is 6.08 Å². The van der Waals surface area contributed by atoms with Crippen molar-refractivity contribution < 1.29 is 0 Å². The zero-order valence-electron chi connectivity index (χ0n) is 13.2. The average molecular weight is 288 g/mol. The Balaban J connectivity index is 2.19. The van der Waals surface area contributed by atoms with Gasteiger partial charge in [-0.25, -0.2) is 0 Å². The number of allylic oxidation sites excluding steroid dienone is 1. The second kappa shape index (κ2) is 7.26. The Hall–Kier alpha value is -2.08. The van der Waals surface area contributed by atoms with E-state index in [1.165, 1.54) is 60.8 Å². The molecule has 0 N–H and O–H groups in total. The third-order valence-electron chi connectivity index (χ3n) is 4.57. The summed E-state index contributed by atoms with van der Waals surface area (Å²) in [6.07, 6.45) is 9.83. The maximum Gasteiger partial charge on any atom is -0.0106 e. The second-order valence-corrected chi connectivity index (χ2v) is 6.05. The summed E-state index contributed by atoms with van der Waals surface area (Å²) in [6, 6.07) is 19.5. The highest BCUT2D eigenvalue weighted by Gasteiger charge is 2.15. The number of benzene rings is 2. The van der Waals surface area contributed by atoms with Crippen molar-refractivity contribution in [1.82, 2.24) is 0 Å². The first kappa shape index (κ1) is 14.8.